The first-order chi connectivity index (χ1) is 8.27. The Kier molecular flexibility index (Phi) is 6.29. The van der Waals surface area contributed by atoms with E-state index in [9.17, 15) is 5.11 Å². The molecule has 0 aromatic heterocycles. The normalized spacial score (nSPS) is 19.9. The van der Waals surface area contributed by atoms with Gasteiger partial charge in [-0.25, -0.2) is 0 Å². The van der Waals surface area contributed by atoms with Crippen molar-refractivity contribution >= 4 is 0 Å². The van der Waals surface area contributed by atoms with Crippen molar-refractivity contribution in [3.8, 4) is 0 Å². The van der Waals surface area contributed by atoms with Crippen LogP contribution < -0.4 is 5.73 Å². The maximum atomic E-state index is 10.1. The van der Waals surface area contributed by atoms with Crippen LogP contribution in [0.1, 0.15) is 19.1 Å². The lowest BCUT2D eigenvalue weighted by atomic mass is 10.0. The third-order valence-corrected chi connectivity index (χ3v) is 3.12. The smallest absolute Gasteiger partial charge is 0.0953 e. The van der Waals surface area contributed by atoms with Crippen LogP contribution >= 0.6 is 0 Å². The zero-order valence-corrected chi connectivity index (χ0v) is 9.96. The Morgan fingerprint density at radius 3 is 2.44 bits per heavy atom. The van der Waals surface area contributed by atoms with Crippen molar-refractivity contribution in [2.24, 2.45) is 5.73 Å². The summed E-state index contributed by atoms with van der Waals surface area (Å²) in [6.45, 7) is 4.02. The average Bonchev–Trinajstić information content (AvgIpc) is 2.40. The van der Waals surface area contributed by atoms with Crippen LogP contribution in [-0.2, 0) is 4.74 Å². The van der Waals surface area contributed by atoms with E-state index in [-0.39, 0.29) is 13.5 Å². The van der Waals surface area contributed by atoms with Crippen LogP contribution in [0.15, 0.2) is 30.3 Å². The van der Waals surface area contributed by atoms with Crippen LogP contribution in [0, 0.1) is 0 Å². The molecule has 1 saturated heterocycles. The fraction of sp³-hybridized carbons (Fsp3) is 0.571. The first kappa shape index (κ1) is 15.1. The monoisotopic (exact) mass is 252 g/mol. The molecule has 18 heavy (non-hydrogen) atoms. The van der Waals surface area contributed by atoms with E-state index >= 15 is 0 Å². The summed E-state index contributed by atoms with van der Waals surface area (Å²) < 4.78 is 5.28. The lowest BCUT2D eigenvalue weighted by Gasteiger charge is -2.30. The second kappa shape index (κ2) is 7.48. The van der Waals surface area contributed by atoms with E-state index in [2.05, 4.69) is 4.90 Å². The molecule has 4 nitrogen and oxygen atoms in total. The number of ether oxygens (including phenoxy) is 1. The molecule has 0 saturated carbocycles. The molecule has 1 fully saturated rings. The van der Waals surface area contributed by atoms with E-state index in [0.29, 0.717) is 6.54 Å². The van der Waals surface area contributed by atoms with Crippen molar-refractivity contribution in [3.63, 3.8) is 0 Å². The van der Waals surface area contributed by atoms with E-state index in [1.165, 1.54) is 0 Å². The first-order valence-electron chi connectivity index (χ1n) is 6.06. The van der Waals surface area contributed by atoms with Gasteiger partial charge in [-0.1, -0.05) is 37.8 Å². The molecule has 1 aromatic carbocycles. The fourth-order valence-corrected chi connectivity index (χ4v) is 2.08. The number of hydrogen-bond acceptors (Lipinski definition) is 4. The minimum absolute atomic E-state index is 0. The molecule has 1 aliphatic rings. The number of nitrogens with two attached hydrogens (primary N) is 1. The Morgan fingerprint density at radius 1 is 1.22 bits per heavy atom. The van der Waals surface area contributed by atoms with Crippen LogP contribution in [0.4, 0.5) is 0 Å². The SMILES string of the molecule is C.N[C@@H](CN1CCOCC1)[C@@H](O)c1ccccc1. The Morgan fingerprint density at radius 2 is 1.83 bits per heavy atom. The van der Waals surface area contributed by atoms with Crippen LogP contribution in [0.25, 0.3) is 0 Å². The lowest BCUT2D eigenvalue weighted by Crippen LogP contribution is -2.45. The van der Waals surface area contributed by atoms with Crippen molar-refractivity contribution < 1.29 is 9.84 Å². The second-order valence-electron chi connectivity index (χ2n) is 4.43. The third-order valence-electron chi connectivity index (χ3n) is 3.12. The fourth-order valence-electron chi connectivity index (χ4n) is 2.08. The number of aliphatic hydroxyl groups is 1. The van der Waals surface area contributed by atoms with Gasteiger partial charge < -0.3 is 15.6 Å². The van der Waals surface area contributed by atoms with Gasteiger partial charge in [0.25, 0.3) is 0 Å². The molecule has 1 aliphatic heterocycles. The highest BCUT2D eigenvalue weighted by Crippen LogP contribution is 2.16. The van der Waals surface area contributed by atoms with E-state index in [4.69, 9.17) is 10.5 Å². The van der Waals surface area contributed by atoms with Crippen molar-refractivity contribution in [2.75, 3.05) is 32.8 Å². The van der Waals surface area contributed by atoms with Gasteiger partial charge in [0.15, 0.2) is 0 Å². The number of benzene rings is 1. The maximum Gasteiger partial charge on any atom is 0.0953 e. The molecule has 2 atom stereocenters. The summed E-state index contributed by atoms with van der Waals surface area (Å²) in [5.74, 6) is 0. The molecule has 4 heteroatoms. The molecule has 0 spiro atoms. The molecule has 0 aliphatic carbocycles. The molecule has 102 valence electrons. The van der Waals surface area contributed by atoms with Gasteiger partial charge in [0.2, 0.25) is 0 Å². The van der Waals surface area contributed by atoms with Gasteiger partial charge in [-0.15, -0.1) is 0 Å². The highest BCUT2D eigenvalue weighted by Gasteiger charge is 2.20. The zero-order chi connectivity index (χ0) is 12.1. The Hall–Kier alpha value is -0.940. The van der Waals surface area contributed by atoms with Crippen LogP contribution in [0.3, 0.4) is 0 Å². The summed E-state index contributed by atoms with van der Waals surface area (Å²) in [5.41, 5.74) is 6.93. The standard InChI is InChI=1S/C13H20N2O2.CH4/c14-12(10-15-6-8-17-9-7-15)13(16)11-4-2-1-3-5-11;/h1-5,12-13,16H,6-10,14H2;1H4/t12-,13-;/m0./s1. The number of rotatable bonds is 4. The van der Waals surface area contributed by atoms with Gasteiger partial charge in [-0.3, -0.25) is 4.90 Å². The average molecular weight is 252 g/mol. The third kappa shape index (κ3) is 4.07. The largest absolute Gasteiger partial charge is 0.387 e. The van der Waals surface area contributed by atoms with Gasteiger partial charge in [-0.05, 0) is 5.56 Å². The molecular formula is C14H24N2O2. The van der Waals surface area contributed by atoms with Gasteiger partial charge >= 0.3 is 0 Å². The summed E-state index contributed by atoms with van der Waals surface area (Å²) >= 11 is 0. The lowest BCUT2D eigenvalue weighted by molar-refractivity contribution is 0.0249. The predicted octanol–water partition coefficient (Wildman–Crippen LogP) is 1.02. The number of hydrogen-bond donors (Lipinski definition) is 2. The van der Waals surface area contributed by atoms with E-state index in [1.807, 2.05) is 30.3 Å². The highest BCUT2D eigenvalue weighted by molar-refractivity contribution is 5.18. The Labute approximate surface area is 109 Å². The van der Waals surface area contributed by atoms with Gasteiger partial charge in [0.1, 0.15) is 0 Å². The molecular weight excluding hydrogens is 228 g/mol. The van der Waals surface area contributed by atoms with Crippen LogP contribution in [0.2, 0.25) is 0 Å². The first-order valence-corrected chi connectivity index (χ1v) is 6.06. The topological polar surface area (TPSA) is 58.7 Å². The molecule has 0 amide bonds. The molecule has 2 rings (SSSR count). The minimum atomic E-state index is -0.598. The van der Waals surface area contributed by atoms with E-state index in [1.54, 1.807) is 0 Å². The predicted molar refractivity (Wildman–Crippen MR) is 73.4 cm³/mol. The van der Waals surface area contributed by atoms with Gasteiger partial charge in [-0.2, -0.15) is 0 Å². The van der Waals surface area contributed by atoms with Crippen LogP contribution in [0.5, 0.6) is 0 Å². The van der Waals surface area contributed by atoms with Gasteiger partial charge in [0, 0.05) is 25.7 Å². The summed E-state index contributed by atoms with van der Waals surface area (Å²) in [6.07, 6.45) is -0.598. The van der Waals surface area contributed by atoms with Crippen molar-refractivity contribution in [1.82, 2.24) is 4.90 Å². The zero-order valence-electron chi connectivity index (χ0n) is 9.96. The van der Waals surface area contributed by atoms with Crippen molar-refractivity contribution in [1.29, 1.82) is 0 Å². The highest BCUT2D eigenvalue weighted by atomic mass is 16.5. The Bertz CT molecular complexity index is 326. The quantitative estimate of drug-likeness (QED) is 0.840. The second-order valence-corrected chi connectivity index (χ2v) is 4.43. The molecule has 0 radical (unpaired) electrons. The van der Waals surface area contributed by atoms with Crippen molar-refractivity contribution in [3.05, 3.63) is 35.9 Å². The Balaban J connectivity index is 0.00000162. The maximum absolute atomic E-state index is 10.1. The van der Waals surface area contributed by atoms with Crippen molar-refractivity contribution in [2.45, 2.75) is 19.6 Å². The van der Waals surface area contributed by atoms with Gasteiger partial charge in [0.05, 0.1) is 19.3 Å². The van der Waals surface area contributed by atoms with E-state index < -0.39 is 6.10 Å². The molecule has 3 N–H and O–H groups in total. The number of morpholine rings is 1. The molecule has 0 bridgehead atoms. The number of nitrogens with zero attached hydrogens (tertiary/aromatic N) is 1. The van der Waals surface area contributed by atoms with Crippen LogP contribution in [-0.4, -0.2) is 48.9 Å². The summed E-state index contributed by atoms with van der Waals surface area (Å²) in [6, 6.07) is 9.33. The summed E-state index contributed by atoms with van der Waals surface area (Å²) in [7, 11) is 0. The summed E-state index contributed by atoms with van der Waals surface area (Å²) in [5, 5.41) is 10.1. The molecule has 1 aromatic rings. The molecule has 0 unspecified atom stereocenters. The molecule has 1 heterocycles. The van der Waals surface area contributed by atoms with E-state index in [0.717, 1.165) is 31.9 Å². The summed E-state index contributed by atoms with van der Waals surface area (Å²) in [4.78, 5) is 2.24. The minimum Gasteiger partial charge on any atom is -0.387 e. The number of aliphatic hydroxyl groups excluding tert-OH is 1.